The molecule has 33 heavy (non-hydrogen) atoms. The van der Waals surface area contributed by atoms with Gasteiger partial charge in [0.15, 0.2) is 17.5 Å². The first-order valence-corrected chi connectivity index (χ1v) is 11.7. The van der Waals surface area contributed by atoms with Crippen molar-refractivity contribution in [2.75, 3.05) is 31.6 Å². The van der Waals surface area contributed by atoms with E-state index in [0.29, 0.717) is 30.8 Å². The average molecular weight is 567 g/mol. The number of hydrogen-bond donors (Lipinski definition) is 2. The molecule has 0 radical (unpaired) electrons. The fraction of sp³-hybridized carbons (Fsp3) is 0.520. The summed E-state index contributed by atoms with van der Waals surface area (Å²) in [6.45, 7) is 5.39. The third-order valence-electron chi connectivity index (χ3n) is 6.15. The summed E-state index contributed by atoms with van der Waals surface area (Å²) < 4.78 is 20.1. The molecule has 2 fully saturated rings. The lowest BCUT2D eigenvalue weighted by Gasteiger charge is -2.28. The molecule has 2 heterocycles. The Morgan fingerprint density at radius 1 is 1.21 bits per heavy atom. The molecule has 1 aromatic carbocycles. The molecule has 180 valence electrons. The summed E-state index contributed by atoms with van der Waals surface area (Å²) in [7, 11) is 1.74. The number of piperidine rings is 1. The van der Waals surface area contributed by atoms with E-state index in [2.05, 4.69) is 31.6 Å². The minimum absolute atomic E-state index is 0. The molecule has 1 aliphatic heterocycles. The van der Waals surface area contributed by atoms with Crippen LogP contribution in [-0.4, -0.2) is 37.7 Å². The number of guanidine groups is 1. The minimum Gasteiger partial charge on any atom is -0.490 e. The van der Waals surface area contributed by atoms with E-state index in [1.807, 2.05) is 25.3 Å². The van der Waals surface area contributed by atoms with Crippen LogP contribution in [-0.2, 0) is 6.54 Å². The van der Waals surface area contributed by atoms with E-state index in [-0.39, 0.29) is 35.8 Å². The van der Waals surface area contributed by atoms with Gasteiger partial charge in [-0.15, -0.1) is 24.0 Å². The van der Waals surface area contributed by atoms with E-state index in [0.717, 1.165) is 30.0 Å². The van der Waals surface area contributed by atoms with Gasteiger partial charge in [0.2, 0.25) is 0 Å². The van der Waals surface area contributed by atoms with Gasteiger partial charge in [0.05, 0.1) is 12.6 Å². The maximum Gasteiger partial charge on any atom is 0.191 e. The normalized spacial score (nSPS) is 17.2. The predicted molar refractivity (Wildman–Crippen MR) is 142 cm³/mol. The molecule has 4 rings (SSSR count). The van der Waals surface area contributed by atoms with Crippen molar-refractivity contribution in [2.45, 2.75) is 51.6 Å². The summed E-state index contributed by atoms with van der Waals surface area (Å²) in [5, 5.41) is 6.70. The molecule has 0 amide bonds. The van der Waals surface area contributed by atoms with Crippen LogP contribution in [0.5, 0.6) is 5.75 Å². The number of nitrogens with one attached hydrogen (secondary N) is 2. The zero-order valence-electron chi connectivity index (χ0n) is 19.5. The highest BCUT2D eigenvalue weighted by Gasteiger charge is 2.22. The average Bonchev–Trinajstić information content (AvgIpc) is 3.66. The van der Waals surface area contributed by atoms with Crippen molar-refractivity contribution in [3.05, 3.63) is 53.5 Å². The maximum absolute atomic E-state index is 14.5. The fourth-order valence-corrected chi connectivity index (χ4v) is 3.93. The highest BCUT2D eigenvalue weighted by molar-refractivity contribution is 14.0. The third-order valence-corrected chi connectivity index (χ3v) is 6.15. The van der Waals surface area contributed by atoms with Crippen molar-refractivity contribution in [1.82, 2.24) is 15.6 Å². The van der Waals surface area contributed by atoms with Gasteiger partial charge >= 0.3 is 0 Å². The molecule has 1 atom stereocenters. The van der Waals surface area contributed by atoms with E-state index in [4.69, 9.17) is 4.74 Å². The zero-order valence-corrected chi connectivity index (χ0v) is 21.8. The zero-order chi connectivity index (χ0) is 22.3. The highest BCUT2D eigenvalue weighted by Crippen LogP contribution is 2.30. The van der Waals surface area contributed by atoms with E-state index < -0.39 is 0 Å². The smallest absolute Gasteiger partial charge is 0.191 e. The Balaban J connectivity index is 0.00000306. The van der Waals surface area contributed by atoms with Gasteiger partial charge in [-0.05, 0) is 80.3 Å². The summed E-state index contributed by atoms with van der Waals surface area (Å²) in [5.41, 5.74) is 2.00. The number of pyridine rings is 1. The Morgan fingerprint density at radius 2 is 2.00 bits per heavy atom. The molecule has 2 aromatic rings. The molecule has 1 aromatic heterocycles. The Hall–Kier alpha value is -2.10. The summed E-state index contributed by atoms with van der Waals surface area (Å²) in [5.74, 6) is 2.32. The van der Waals surface area contributed by atoms with Crippen LogP contribution >= 0.6 is 24.0 Å². The molecular weight excluding hydrogens is 532 g/mol. The monoisotopic (exact) mass is 567 g/mol. The van der Waals surface area contributed by atoms with Crippen molar-refractivity contribution in [3.8, 4) is 5.75 Å². The Morgan fingerprint density at radius 3 is 2.70 bits per heavy atom. The molecule has 0 bridgehead atoms. The molecule has 2 N–H and O–H groups in total. The minimum atomic E-state index is -0.318. The number of anilines is 1. The van der Waals surface area contributed by atoms with Gasteiger partial charge in [-0.3, -0.25) is 4.99 Å². The van der Waals surface area contributed by atoms with Gasteiger partial charge in [0, 0.05) is 32.9 Å². The summed E-state index contributed by atoms with van der Waals surface area (Å²) in [6, 6.07) is 9.23. The molecule has 6 nitrogen and oxygen atoms in total. The van der Waals surface area contributed by atoms with Crippen molar-refractivity contribution in [3.63, 3.8) is 0 Å². The molecule has 1 aliphatic carbocycles. The topological polar surface area (TPSA) is 61.8 Å². The largest absolute Gasteiger partial charge is 0.490 e. The summed E-state index contributed by atoms with van der Waals surface area (Å²) >= 11 is 0. The maximum atomic E-state index is 14.5. The SMILES string of the molecule is CN=C(NCc1ccnc(N2CCCCC2)c1)NC(C)c1ccc(OCC2CC2)c(F)c1.I. The van der Waals surface area contributed by atoms with Gasteiger partial charge in [0.25, 0.3) is 0 Å². The standard InChI is InChI=1S/C25H34FN5O.HI/c1-18(21-8-9-23(22(26)15-21)32-17-19-6-7-19)30-25(27-2)29-16-20-10-11-28-24(14-20)31-12-4-3-5-13-31;/h8-11,14-15,18-19H,3-7,12-13,16-17H2,1-2H3,(H2,27,29,30);1H. The van der Waals surface area contributed by atoms with Crippen LogP contribution in [0, 0.1) is 11.7 Å². The number of nitrogens with zero attached hydrogens (tertiary/aromatic N) is 3. The Labute approximate surface area is 213 Å². The molecule has 0 spiro atoms. The molecular formula is C25H35FIN5O. The number of ether oxygens (including phenoxy) is 1. The van der Waals surface area contributed by atoms with Crippen molar-refractivity contribution in [1.29, 1.82) is 0 Å². The number of aliphatic imine (C=N–C) groups is 1. The van der Waals surface area contributed by atoms with Crippen LogP contribution < -0.4 is 20.3 Å². The number of halogens is 2. The Bertz CT molecular complexity index is 931. The van der Waals surface area contributed by atoms with Crippen molar-refractivity contribution >= 4 is 35.8 Å². The number of benzene rings is 1. The summed E-state index contributed by atoms with van der Waals surface area (Å²) in [6.07, 6.45) is 8.00. The second-order valence-electron chi connectivity index (χ2n) is 8.81. The van der Waals surface area contributed by atoms with E-state index >= 15 is 0 Å². The Kier molecular flexibility index (Phi) is 9.58. The first-order chi connectivity index (χ1) is 15.6. The molecule has 8 heteroatoms. The second-order valence-corrected chi connectivity index (χ2v) is 8.81. The van der Waals surface area contributed by atoms with Crippen molar-refractivity contribution in [2.24, 2.45) is 10.9 Å². The van der Waals surface area contributed by atoms with Crippen LogP contribution in [0.2, 0.25) is 0 Å². The fourth-order valence-electron chi connectivity index (χ4n) is 3.93. The first-order valence-electron chi connectivity index (χ1n) is 11.7. The van der Waals surface area contributed by atoms with E-state index in [9.17, 15) is 4.39 Å². The highest BCUT2D eigenvalue weighted by atomic mass is 127. The molecule has 1 saturated carbocycles. The number of rotatable bonds is 8. The van der Waals surface area contributed by atoms with E-state index in [1.54, 1.807) is 19.2 Å². The quantitative estimate of drug-likeness (QED) is 0.266. The van der Waals surface area contributed by atoms with Gasteiger partial charge in [-0.25, -0.2) is 9.37 Å². The molecule has 2 aliphatic rings. The van der Waals surface area contributed by atoms with Crippen LogP contribution in [0.15, 0.2) is 41.5 Å². The van der Waals surface area contributed by atoms with Gasteiger partial charge < -0.3 is 20.3 Å². The lowest BCUT2D eigenvalue weighted by atomic mass is 10.1. The van der Waals surface area contributed by atoms with Gasteiger partial charge in [-0.2, -0.15) is 0 Å². The summed E-state index contributed by atoms with van der Waals surface area (Å²) in [4.78, 5) is 11.2. The van der Waals surface area contributed by atoms with Gasteiger partial charge in [-0.1, -0.05) is 6.07 Å². The van der Waals surface area contributed by atoms with E-state index in [1.165, 1.54) is 32.1 Å². The van der Waals surface area contributed by atoms with Crippen LogP contribution in [0.25, 0.3) is 0 Å². The number of hydrogen-bond acceptors (Lipinski definition) is 4. The van der Waals surface area contributed by atoms with Crippen molar-refractivity contribution < 1.29 is 9.13 Å². The predicted octanol–water partition coefficient (Wildman–Crippen LogP) is 5.04. The third kappa shape index (κ3) is 7.45. The first kappa shape index (κ1) is 25.5. The molecule has 1 saturated heterocycles. The number of aromatic nitrogens is 1. The van der Waals surface area contributed by atoms with Crippen LogP contribution in [0.4, 0.5) is 10.2 Å². The lowest BCUT2D eigenvalue weighted by molar-refractivity contribution is 0.285. The lowest BCUT2D eigenvalue weighted by Crippen LogP contribution is -2.38. The molecule has 1 unspecified atom stereocenters. The van der Waals surface area contributed by atoms with Crippen LogP contribution in [0.3, 0.4) is 0 Å². The van der Waals surface area contributed by atoms with Crippen LogP contribution in [0.1, 0.15) is 56.2 Å². The second kappa shape index (κ2) is 12.4. The van der Waals surface area contributed by atoms with Gasteiger partial charge in [0.1, 0.15) is 5.82 Å².